The second kappa shape index (κ2) is 6.74. The normalized spacial score (nSPS) is 11.7. The van der Waals surface area contributed by atoms with Gasteiger partial charge in [0.05, 0.1) is 13.2 Å². The summed E-state index contributed by atoms with van der Waals surface area (Å²) in [4.78, 5) is 22.8. The van der Waals surface area contributed by atoms with Crippen LogP contribution in [0.2, 0.25) is 0 Å². The maximum absolute atomic E-state index is 11.4. The third-order valence-corrected chi connectivity index (χ3v) is 3.02. The number of hydrogen-bond acceptors (Lipinski definition) is 4. The minimum Gasteiger partial charge on any atom is -0.463 e. The van der Waals surface area contributed by atoms with Gasteiger partial charge in [0.1, 0.15) is 5.76 Å². The zero-order valence-corrected chi connectivity index (χ0v) is 12.0. The molecule has 1 amide bonds. The van der Waals surface area contributed by atoms with Gasteiger partial charge in [-0.15, -0.1) is 0 Å². The van der Waals surface area contributed by atoms with Gasteiger partial charge in [-0.2, -0.15) is 0 Å². The maximum atomic E-state index is 11.4. The van der Waals surface area contributed by atoms with Gasteiger partial charge in [0.2, 0.25) is 11.7 Å². The molecule has 0 aliphatic carbocycles. The Labute approximate surface area is 122 Å². The molecule has 0 saturated carbocycles. The topological polar surface area (TPSA) is 68.5 Å². The Morgan fingerprint density at radius 1 is 1.19 bits per heavy atom. The molecule has 0 aliphatic rings. The highest BCUT2D eigenvalue weighted by Crippen LogP contribution is 2.21. The fourth-order valence-corrected chi connectivity index (χ4v) is 2.07. The van der Waals surface area contributed by atoms with Gasteiger partial charge in [0.15, 0.2) is 0 Å². The molecular weight excluding hydrogens is 270 g/mol. The molecule has 5 heteroatoms. The standard InChI is InChI=1S/C16H17NO4/c1-11(18)17-13(10-12-6-4-3-5-7-12)14-8-9-15(21-14)16(19)20-2/h3-9,13H,10H2,1-2H3,(H,17,18)/t13-/m0/s1. The minimum atomic E-state index is -0.539. The zero-order chi connectivity index (χ0) is 15.2. The van der Waals surface area contributed by atoms with Crippen molar-refractivity contribution in [3.63, 3.8) is 0 Å². The molecule has 2 rings (SSSR count). The monoisotopic (exact) mass is 287 g/mol. The molecule has 1 aromatic heterocycles. The summed E-state index contributed by atoms with van der Waals surface area (Å²) < 4.78 is 10.1. The van der Waals surface area contributed by atoms with E-state index in [0.717, 1.165) is 5.56 Å². The highest BCUT2D eigenvalue weighted by atomic mass is 16.5. The van der Waals surface area contributed by atoms with Gasteiger partial charge in [-0.1, -0.05) is 30.3 Å². The number of rotatable bonds is 5. The molecule has 1 atom stereocenters. The lowest BCUT2D eigenvalue weighted by atomic mass is 10.0. The molecule has 5 nitrogen and oxygen atoms in total. The average molecular weight is 287 g/mol. The van der Waals surface area contributed by atoms with Crippen LogP contribution in [0, 0.1) is 0 Å². The Kier molecular flexibility index (Phi) is 4.77. The fraction of sp³-hybridized carbons (Fsp3) is 0.250. The number of nitrogens with one attached hydrogen (secondary N) is 1. The van der Waals surface area contributed by atoms with Gasteiger partial charge in [-0.3, -0.25) is 4.79 Å². The van der Waals surface area contributed by atoms with Gasteiger partial charge in [0, 0.05) is 6.92 Å². The molecule has 21 heavy (non-hydrogen) atoms. The van der Waals surface area contributed by atoms with E-state index in [-0.39, 0.29) is 17.7 Å². The third kappa shape index (κ3) is 3.95. The van der Waals surface area contributed by atoms with Gasteiger partial charge >= 0.3 is 5.97 Å². The molecule has 110 valence electrons. The van der Waals surface area contributed by atoms with Crippen molar-refractivity contribution in [2.75, 3.05) is 7.11 Å². The smallest absolute Gasteiger partial charge is 0.373 e. The summed E-state index contributed by atoms with van der Waals surface area (Å²) in [5.74, 6) is -0.0557. The number of benzene rings is 1. The molecule has 0 spiro atoms. The van der Waals surface area contributed by atoms with Crippen LogP contribution in [0.5, 0.6) is 0 Å². The van der Waals surface area contributed by atoms with Crippen LogP contribution in [0.1, 0.15) is 34.8 Å². The van der Waals surface area contributed by atoms with E-state index in [0.29, 0.717) is 12.2 Å². The first-order valence-corrected chi connectivity index (χ1v) is 6.59. The van der Waals surface area contributed by atoms with Crippen LogP contribution in [0.4, 0.5) is 0 Å². The number of amides is 1. The van der Waals surface area contributed by atoms with E-state index >= 15 is 0 Å². The Morgan fingerprint density at radius 2 is 1.90 bits per heavy atom. The second-order valence-electron chi connectivity index (χ2n) is 4.64. The summed E-state index contributed by atoms with van der Waals surface area (Å²) >= 11 is 0. The summed E-state index contributed by atoms with van der Waals surface area (Å²) in [6.45, 7) is 1.45. The van der Waals surface area contributed by atoms with Gasteiger partial charge in [0.25, 0.3) is 0 Å². The van der Waals surface area contributed by atoms with Crippen molar-refractivity contribution in [1.82, 2.24) is 5.32 Å². The van der Waals surface area contributed by atoms with Crippen molar-refractivity contribution >= 4 is 11.9 Å². The Bertz CT molecular complexity index is 618. The first-order chi connectivity index (χ1) is 10.1. The summed E-state index contributed by atoms with van der Waals surface area (Å²) in [6, 6.07) is 12.6. The molecule has 0 bridgehead atoms. The van der Waals surface area contributed by atoms with Crippen molar-refractivity contribution in [3.8, 4) is 0 Å². The summed E-state index contributed by atoms with van der Waals surface area (Å²) in [7, 11) is 1.29. The van der Waals surface area contributed by atoms with Gasteiger partial charge in [-0.25, -0.2) is 4.79 Å². The van der Waals surface area contributed by atoms with Gasteiger partial charge in [-0.05, 0) is 24.1 Å². The average Bonchev–Trinajstić information content (AvgIpc) is 2.96. The van der Waals surface area contributed by atoms with Crippen LogP contribution >= 0.6 is 0 Å². The third-order valence-electron chi connectivity index (χ3n) is 3.02. The first-order valence-electron chi connectivity index (χ1n) is 6.59. The SMILES string of the molecule is COC(=O)c1ccc([C@H](Cc2ccccc2)NC(C)=O)o1. The van der Waals surface area contributed by atoms with Crippen molar-refractivity contribution < 1.29 is 18.7 Å². The molecule has 0 fully saturated rings. The zero-order valence-electron chi connectivity index (χ0n) is 12.0. The van der Waals surface area contributed by atoms with E-state index < -0.39 is 5.97 Å². The highest BCUT2D eigenvalue weighted by Gasteiger charge is 2.20. The molecule has 1 aromatic carbocycles. The van der Waals surface area contributed by atoms with Crippen LogP contribution in [0.25, 0.3) is 0 Å². The molecule has 1 heterocycles. The summed E-state index contributed by atoms with van der Waals surface area (Å²) in [6.07, 6.45) is 0.578. The molecular formula is C16H17NO4. The largest absolute Gasteiger partial charge is 0.463 e. The Morgan fingerprint density at radius 3 is 2.52 bits per heavy atom. The Balaban J connectivity index is 2.21. The molecule has 2 aromatic rings. The number of carbonyl (C=O) groups is 2. The number of esters is 1. The number of methoxy groups -OCH3 is 1. The van der Waals surface area contributed by atoms with E-state index in [9.17, 15) is 9.59 Å². The molecule has 1 N–H and O–H groups in total. The molecule has 0 saturated heterocycles. The number of hydrogen-bond donors (Lipinski definition) is 1. The lowest BCUT2D eigenvalue weighted by Crippen LogP contribution is -2.27. The van der Waals surface area contributed by atoms with Gasteiger partial charge < -0.3 is 14.5 Å². The van der Waals surface area contributed by atoms with E-state index in [2.05, 4.69) is 10.1 Å². The second-order valence-corrected chi connectivity index (χ2v) is 4.64. The predicted molar refractivity (Wildman–Crippen MR) is 76.8 cm³/mol. The summed E-state index contributed by atoms with van der Waals surface area (Å²) in [5.41, 5.74) is 1.06. The number of ether oxygens (including phenoxy) is 1. The van der Waals surface area contributed by atoms with Crippen molar-refractivity contribution in [2.45, 2.75) is 19.4 Å². The molecule has 0 unspecified atom stereocenters. The lowest BCUT2D eigenvalue weighted by Gasteiger charge is -2.15. The van der Waals surface area contributed by atoms with Crippen molar-refractivity contribution in [2.24, 2.45) is 0 Å². The Hall–Kier alpha value is -2.56. The maximum Gasteiger partial charge on any atom is 0.373 e. The quantitative estimate of drug-likeness (QED) is 0.858. The predicted octanol–water partition coefficient (Wildman–Crippen LogP) is 2.49. The van der Waals surface area contributed by atoms with E-state index in [1.165, 1.54) is 14.0 Å². The van der Waals surface area contributed by atoms with Crippen LogP contribution in [0.3, 0.4) is 0 Å². The summed E-state index contributed by atoms with van der Waals surface area (Å²) in [5, 5.41) is 2.83. The lowest BCUT2D eigenvalue weighted by molar-refractivity contribution is -0.119. The molecule has 0 aliphatic heterocycles. The highest BCUT2D eigenvalue weighted by molar-refractivity contribution is 5.86. The minimum absolute atomic E-state index is 0.121. The number of furan rings is 1. The van der Waals surface area contributed by atoms with Crippen molar-refractivity contribution in [1.29, 1.82) is 0 Å². The van der Waals surface area contributed by atoms with E-state index in [1.807, 2.05) is 30.3 Å². The van der Waals surface area contributed by atoms with Crippen LogP contribution in [0.15, 0.2) is 46.9 Å². The first kappa shape index (κ1) is 14.8. The fourth-order valence-electron chi connectivity index (χ4n) is 2.07. The van der Waals surface area contributed by atoms with E-state index in [4.69, 9.17) is 4.42 Å². The molecule has 0 radical (unpaired) electrons. The van der Waals surface area contributed by atoms with Crippen LogP contribution < -0.4 is 5.32 Å². The number of carbonyl (C=O) groups excluding carboxylic acids is 2. The van der Waals surface area contributed by atoms with E-state index in [1.54, 1.807) is 12.1 Å². The van der Waals surface area contributed by atoms with Crippen LogP contribution in [-0.2, 0) is 16.0 Å². The van der Waals surface area contributed by atoms with Crippen LogP contribution in [-0.4, -0.2) is 19.0 Å². The van der Waals surface area contributed by atoms with Crippen molar-refractivity contribution in [3.05, 3.63) is 59.5 Å².